The van der Waals surface area contributed by atoms with Crippen LogP contribution in [0.3, 0.4) is 0 Å². The second-order valence-corrected chi connectivity index (χ2v) is 19.6. The van der Waals surface area contributed by atoms with E-state index in [-0.39, 0.29) is 14.0 Å². The van der Waals surface area contributed by atoms with E-state index in [0.29, 0.717) is 0 Å². The molecular weight excluding hydrogens is 482 g/mol. The summed E-state index contributed by atoms with van der Waals surface area (Å²) in [7, 11) is 0. The molecule has 0 unspecified atom stereocenters. The van der Waals surface area contributed by atoms with Gasteiger partial charge in [-0.2, -0.15) is 0 Å². The Kier molecular flexibility index (Phi) is 5.89. The van der Waals surface area contributed by atoms with Crippen LogP contribution >= 0.6 is 0 Å². The molecule has 0 N–H and O–H groups in total. The van der Waals surface area contributed by atoms with Gasteiger partial charge in [0.25, 0.3) is 0 Å². The Balaban J connectivity index is 3.42. The molecule has 0 spiro atoms. The summed E-state index contributed by atoms with van der Waals surface area (Å²) >= 11 is -3.51. The molecule has 20 heavy (non-hydrogen) atoms. The molecule has 4 radical (unpaired) electrons. The fraction of sp³-hybridized carbons (Fsp3) is 0.571. The van der Waals surface area contributed by atoms with E-state index in [1.807, 2.05) is 41.5 Å². The summed E-state index contributed by atoms with van der Waals surface area (Å²) in [4.78, 5) is 0. The third-order valence-corrected chi connectivity index (χ3v) is 10.5. The zero-order chi connectivity index (χ0) is 15.9. The number of hydrogen-bond donors (Lipinski definition) is 0. The van der Waals surface area contributed by atoms with Crippen LogP contribution in [-0.4, -0.2) is 42.3 Å². The Morgan fingerprint density at radius 1 is 0.550 bits per heavy atom. The van der Waals surface area contributed by atoms with Crippen molar-refractivity contribution in [3.63, 3.8) is 0 Å². The monoisotopic (exact) mass is 502 g/mol. The Labute approximate surface area is 138 Å². The Morgan fingerprint density at radius 2 is 0.750 bits per heavy atom. The average molecular weight is 500 g/mol. The third kappa shape index (κ3) is 4.78. The summed E-state index contributed by atoms with van der Waals surface area (Å²) in [5, 5.41) is 0. The van der Waals surface area contributed by atoms with Gasteiger partial charge in [0, 0.05) is 0 Å². The van der Waals surface area contributed by atoms with E-state index in [9.17, 15) is 17.6 Å². The first-order chi connectivity index (χ1) is 8.83. The minimum absolute atomic E-state index is 0.282. The van der Waals surface area contributed by atoms with Crippen LogP contribution in [0.2, 0.25) is 6.86 Å². The molecule has 1 rings (SSSR count). The summed E-state index contributed by atoms with van der Waals surface area (Å²) in [6.45, 7) is 11.0. The minimum atomic E-state index is -1.76. The van der Waals surface area contributed by atoms with Gasteiger partial charge in [0.15, 0.2) is 0 Å². The molecule has 0 aliphatic rings. The van der Waals surface area contributed by atoms with E-state index >= 15 is 0 Å². The molecule has 1 aromatic rings. The van der Waals surface area contributed by atoms with Crippen molar-refractivity contribution in [2.45, 2.75) is 48.4 Å². The second-order valence-electron chi connectivity index (χ2n) is 6.76. The topological polar surface area (TPSA) is 0 Å². The molecule has 0 aliphatic heterocycles. The van der Waals surface area contributed by atoms with Crippen molar-refractivity contribution in [1.29, 1.82) is 0 Å². The summed E-state index contributed by atoms with van der Waals surface area (Å²) in [6, 6.07) is 0. The standard InChI is InChI=1S/C6F4.2C4H9.2Sn/c7-3-1-4(8)6(10)2-5(3)9;2*1-4(2)3;;/h;2*1-3H3;;. The Hall–Kier alpha value is 0.537. The molecule has 0 saturated carbocycles. The summed E-state index contributed by atoms with van der Waals surface area (Å²) in [5.74, 6) is -4.59. The van der Waals surface area contributed by atoms with Gasteiger partial charge in [0.2, 0.25) is 0 Å². The van der Waals surface area contributed by atoms with Gasteiger partial charge in [-0.3, -0.25) is 0 Å². The molecule has 0 heterocycles. The molecule has 0 amide bonds. The van der Waals surface area contributed by atoms with Crippen molar-refractivity contribution in [2.75, 3.05) is 0 Å². The van der Waals surface area contributed by atoms with E-state index in [1.165, 1.54) is 0 Å². The number of rotatable bonds is 2. The SMILES string of the molecule is C[C](C)(C)[Sn][c]1c(F)c(F)[c]([Sn][C](C)(C)C)c(F)c1F. The fourth-order valence-corrected chi connectivity index (χ4v) is 8.39. The summed E-state index contributed by atoms with van der Waals surface area (Å²) in [6.07, 6.45) is 0. The van der Waals surface area contributed by atoms with Crippen LogP contribution in [0.4, 0.5) is 17.6 Å². The van der Waals surface area contributed by atoms with E-state index in [1.54, 1.807) is 0 Å². The zero-order valence-electron chi connectivity index (χ0n) is 12.5. The Morgan fingerprint density at radius 3 is 0.900 bits per heavy atom. The van der Waals surface area contributed by atoms with Crippen LogP contribution in [0.5, 0.6) is 0 Å². The van der Waals surface area contributed by atoms with Crippen LogP contribution in [0, 0.1) is 23.3 Å². The first-order valence-corrected chi connectivity index (χ1v) is 12.0. The number of hydrogen-bond acceptors (Lipinski definition) is 0. The van der Waals surface area contributed by atoms with E-state index in [4.69, 9.17) is 0 Å². The van der Waals surface area contributed by atoms with Gasteiger partial charge in [-0.1, -0.05) is 0 Å². The molecule has 0 fully saturated rings. The molecular formula is C14H18F4Sn2. The van der Waals surface area contributed by atoms with Gasteiger partial charge >= 0.3 is 139 Å². The predicted molar refractivity (Wildman–Crippen MR) is 76.5 cm³/mol. The average Bonchev–Trinajstić information content (AvgIpc) is 2.25. The molecule has 0 aliphatic carbocycles. The first kappa shape index (κ1) is 18.6. The van der Waals surface area contributed by atoms with E-state index < -0.39 is 65.6 Å². The van der Waals surface area contributed by atoms with E-state index in [2.05, 4.69) is 0 Å². The first-order valence-electron chi connectivity index (χ1n) is 6.26. The van der Waals surface area contributed by atoms with Gasteiger partial charge < -0.3 is 0 Å². The second kappa shape index (κ2) is 6.34. The molecule has 6 heteroatoms. The normalized spacial score (nSPS) is 12.9. The third-order valence-electron chi connectivity index (χ3n) is 2.26. The van der Waals surface area contributed by atoms with Gasteiger partial charge in [0.1, 0.15) is 0 Å². The molecule has 0 nitrogen and oxygen atoms in total. The van der Waals surface area contributed by atoms with Crippen molar-refractivity contribution in [2.24, 2.45) is 0 Å². The fourth-order valence-electron chi connectivity index (χ4n) is 1.60. The van der Waals surface area contributed by atoms with Crippen LogP contribution in [-0.2, 0) is 0 Å². The van der Waals surface area contributed by atoms with Gasteiger partial charge in [0.05, 0.1) is 0 Å². The maximum atomic E-state index is 14.1. The predicted octanol–water partition coefficient (Wildman–Crippen LogP) is 3.34. The Bertz CT molecular complexity index is 437. The van der Waals surface area contributed by atoms with Crippen LogP contribution in [0.25, 0.3) is 0 Å². The molecule has 110 valence electrons. The molecule has 1 aromatic carbocycles. The van der Waals surface area contributed by atoms with E-state index in [0.717, 1.165) is 0 Å². The van der Waals surface area contributed by atoms with Crippen molar-refractivity contribution >= 4 is 49.4 Å². The zero-order valence-corrected chi connectivity index (χ0v) is 18.2. The van der Waals surface area contributed by atoms with Crippen molar-refractivity contribution in [3.05, 3.63) is 23.3 Å². The number of benzene rings is 1. The van der Waals surface area contributed by atoms with Gasteiger partial charge in [-0.15, -0.1) is 0 Å². The number of halogens is 4. The van der Waals surface area contributed by atoms with Crippen molar-refractivity contribution in [1.82, 2.24) is 0 Å². The maximum absolute atomic E-state index is 14.1. The van der Waals surface area contributed by atoms with Crippen molar-refractivity contribution in [3.8, 4) is 0 Å². The molecule has 0 saturated heterocycles. The molecule has 0 aromatic heterocycles. The molecule has 0 bridgehead atoms. The van der Waals surface area contributed by atoms with Crippen LogP contribution in [0.1, 0.15) is 41.5 Å². The van der Waals surface area contributed by atoms with Crippen LogP contribution < -0.4 is 7.16 Å². The summed E-state index contributed by atoms with van der Waals surface area (Å²) < 4.78 is 55.2. The van der Waals surface area contributed by atoms with Crippen molar-refractivity contribution < 1.29 is 17.6 Å². The van der Waals surface area contributed by atoms with Gasteiger partial charge in [-0.05, 0) is 0 Å². The quantitative estimate of drug-likeness (QED) is 0.333. The summed E-state index contributed by atoms with van der Waals surface area (Å²) in [5.41, 5.74) is 0. The van der Waals surface area contributed by atoms with Crippen LogP contribution in [0.15, 0.2) is 0 Å². The van der Waals surface area contributed by atoms with Gasteiger partial charge in [-0.25, -0.2) is 0 Å². The molecule has 0 atom stereocenters.